The monoisotopic (exact) mass is 996 g/mol. The smallest absolute Gasteiger partial charge is 0.220 e. The highest BCUT2D eigenvalue weighted by Gasteiger charge is 2.51. The Kier molecular flexibility index (Phi) is 38.7. The van der Waals surface area contributed by atoms with E-state index in [1.807, 2.05) is 6.08 Å². The molecule has 0 spiro atoms. The molecule has 70 heavy (non-hydrogen) atoms. The van der Waals surface area contributed by atoms with Gasteiger partial charge in [0.15, 0.2) is 12.6 Å². The Morgan fingerprint density at radius 2 is 0.957 bits per heavy atom. The summed E-state index contributed by atoms with van der Waals surface area (Å²) in [7, 11) is 0. The molecule has 2 fully saturated rings. The number of hydrogen-bond acceptors (Lipinski definition) is 13. The second-order valence-electron chi connectivity index (χ2n) is 19.7. The van der Waals surface area contributed by atoms with Crippen LogP contribution in [0.1, 0.15) is 206 Å². The topological polar surface area (TPSA) is 228 Å². The van der Waals surface area contributed by atoms with E-state index < -0.39 is 86.8 Å². The van der Waals surface area contributed by atoms with Crippen molar-refractivity contribution in [2.75, 3.05) is 19.8 Å². The van der Waals surface area contributed by atoms with Gasteiger partial charge in [-0.1, -0.05) is 184 Å². The fraction of sp³-hybridized carbons (Fsp3) is 0.839. The third-order valence-electron chi connectivity index (χ3n) is 13.5. The molecule has 9 N–H and O–H groups in total. The molecule has 2 rings (SSSR count). The van der Waals surface area contributed by atoms with E-state index in [4.69, 9.17) is 18.9 Å². The number of rotatable bonds is 43. The molecule has 0 aromatic rings. The highest BCUT2D eigenvalue weighted by molar-refractivity contribution is 5.76. The van der Waals surface area contributed by atoms with Gasteiger partial charge in [-0.05, 0) is 64.2 Å². The van der Waals surface area contributed by atoms with Gasteiger partial charge < -0.3 is 65.1 Å². The minimum absolute atomic E-state index is 0.253. The number of carbonyl (C=O) groups excluding carboxylic acids is 1. The highest BCUT2D eigenvalue weighted by atomic mass is 16.7. The minimum Gasteiger partial charge on any atom is -0.394 e. The molecule has 12 atom stereocenters. The summed E-state index contributed by atoms with van der Waals surface area (Å²) in [6.07, 6.45) is 34.5. The van der Waals surface area contributed by atoms with Crippen LogP contribution < -0.4 is 5.32 Å². The number of hydrogen-bond donors (Lipinski definition) is 9. The summed E-state index contributed by atoms with van der Waals surface area (Å²) in [4.78, 5) is 13.2. The molecule has 0 aromatic carbocycles. The van der Waals surface area contributed by atoms with Crippen molar-refractivity contribution < 1.29 is 64.6 Å². The summed E-state index contributed by atoms with van der Waals surface area (Å²) >= 11 is 0. The van der Waals surface area contributed by atoms with E-state index >= 15 is 0 Å². The van der Waals surface area contributed by atoms with Gasteiger partial charge in [0.05, 0.1) is 32.0 Å². The molecule has 2 saturated heterocycles. The Labute approximate surface area is 423 Å². The van der Waals surface area contributed by atoms with Crippen LogP contribution in [0.2, 0.25) is 0 Å². The summed E-state index contributed by atoms with van der Waals surface area (Å²) in [6.45, 7) is 2.73. The number of ether oxygens (including phenoxy) is 4. The zero-order valence-corrected chi connectivity index (χ0v) is 43.5. The quantitative estimate of drug-likeness (QED) is 0.0207. The Morgan fingerprint density at radius 1 is 0.514 bits per heavy atom. The van der Waals surface area contributed by atoms with Crippen LogP contribution in [0.5, 0.6) is 0 Å². The maximum absolute atomic E-state index is 13.2. The molecule has 12 unspecified atom stereocenters. The molecule has 2 aliphatic rings. The lowest BCUT2D eigenvalue weighted by Gasteiger charge is -2.46. The Balaban J connectivity index is 1.73. The Morgan fingerprint density at radius 3 is 1.49 bits per heavy atom. The van der Waals surface area contributed by atoms with Crippen LogP contribution in [0.3, 0.4) is 0 Å². The van der Waals surface area contributed by atoms with Crippen molar-refractivity contribution in [1.29, 1.82) is 0 Å². The summed E-state index contributed by atoms with van der Waals surface area (Å²) in [5.41, 5.74) is 0. The van der Waals surface area contributed by atoms with Crippen LogP contribution >= 0.6 is 0 Å². The first-order chi connectivity index (χ1) is 34.1. The molecule has 0 aromatic heterocycles. The molecule has 1 amide bonds. The predicted octanol–water partition coefficient (Wildman–Crippen LogP) is 8.44. The maximum atomic E-state index is 13.2. The van der Waals surface area contributed by atoms with E-state index in [-0.39, 0.29) is 18.9 Å². The number of allylic oxidation sites excluding steroid dienone is 7. The molecule has 408 valence electrons. The maximum Gasteiger partial charge on any atom is 0.220 e. The van der Waals surface area contributed by atoms with Gasteiger partial charge in [-0.25, -0.2) is 0 Å². The first-order valence-corrected chi connectivity index (χ1v) is 27.9. The largest absolute Gasteiger partial charge is 0.394 e. The SMILES string of the molecule is CCCCCCC/C=C\C/C=C\CCCCCCCCCCCCCCCC(=O)NC(COC1OC(CO)C(OC2OC(CO)C(O)C(O)C2O)C(O)C1O)C(O)/C=C/CC/C=C/CCCCCCC. The first kappa shape index (κ1) is 64.1. The number of unbranched alkanes of at least 4 members (excludes halogenated alkanes) is 24. The second kappa shape index (κ2) is 42.3. The molecule has 0 bridgehead atoms. The molecule has 2 heterocycles. The summed E-state index contributed by atoms with van der Waals surface area (Å²) in [5, 5.41) is 86.7. The van der Waals surface area contributed by atoms with Gasteiger partial charge in [-0.3, -0.25) is 4.79 Å². The van der Waals surface area contributed by atoms with Gasteiger partial charge in [0.25, 0.3) is 0 Å². The number of aliphatic hydroxyl groups is 8. The van der Waals surface area contributed by atoms with Gasteiger partial charge >= 0.3 is 0 Å². The summed E-state index contributed by atoms with van der Waals surface area (Å²) < 4.78 is 22.7. The highest BCUT2D eigenvalue weighted by Crippen LogP contribution is 2.30. The molecular weight excluding hydrogens is 895 g/mol. The average Bonchev–Trinajstić information content (AvgIpc) is 3.36. The number of amides is 1. The van der Waals surface area contributed by atoms with Crippen molar-refractivity contribution in [2.24, 2.45) is 0 Å². The van der Waals surface area contributed by atoms with Crippen molar-refractivity contribution in [1.82, 2.24) is 5.32 Å². The second-order valence-corrected chi connectivity index (χ2v) is 19.7. The van der Waals surface area contributed by atoms with Crippen LogP contribution in [0, 0.1) is 0 Å². The molecule has 0 radical (unpaired) electrons. The molecule has 14 heteroatoms. The lowest BCUT2D eigenvalue weighted by Crippen LogP contribution is -2.65. The van der Waals surface area contributed by atoms with Crippen LogP contribution in [0.15, 0.2) is 48.6 Å². The van der Waals surface area contributed by atoms with E-state index in [2.05, 4.69) is 55.6 Å². The fourth-order valence-corrected chi connectivity index (χ4v) is 8.92. The van der Waals surface area contributed by atoms with E-state index in [1.54, 1.807) is 6.08 Å². The molecule has 2 aliphatic heterocycles. The number of aliphatic hydroxyl groups excluding tert-OH is 8. The van der Waals surface area contributed by atoms with Crippen LogP contribution in [0.25, 0.3) is 0 Å². The standard InChI is InChI=1S/C56H101NO13/c1-3-5-7-9-11-13-15-16-17-18-19-20-21-22-23-24-25-26-27-28-30-32-34-36-38-40-48(61)57-44(45(60)39-37-35-33-31-29-14-12-10-8-6-4-2)43-67-55-53(66)51(64)54(47(42-59)69-55)70-56-52(65)50(63)49(62)46(41-58)68-56/h15-16,18-19,29,31,37,39,44-47,49-56,58-60,62-66H,3-14,17,20-28,30,32-36,38,40-43H2,1-2H3,(H,57,61)/b16-15-,19-18-,31-29+,39-37+. The molecule has 0 saturated carbocycles. The van der Waals surface area contributed by atoms with Crippen LogP contribution in [-0.2, 0) is 23.7 Å². The third-order valence-corrected chi connectivity index (χ3v) is 13.5. The van der Waals surface area contributed by atoms with E-state index in [1.165, 1.54) is 135 Å². The van der Waals surface area contributed by atoms with Crippen molar-refractivity contribution in [3.05, 3.63) is 48.6 Å². The van der Waals surface area contributed by atoms with Crippen molar-refractivity contribution >= 4 is 5.91 Å². The lowest BCUT2D eigenvalue weighted by molar-refractivity contribution is -0.359. The Hall–Kier alpha value is -2.05. The summed E-state index contributed by atoms with van der Waals surface area (Å²) in [6, 6.07) is -0.930. The normalized spacial score (nSPS) is 26.3. The van der Waals surface area contributed by atoms with Gasteiger partial charge in [-0.15, -0.1) is 0 Å². The van der Waals surface area contributed by atoms with Crippen LogP contribution in [-0.4, -0.2) is 140 Å². The first-order valence-electron chi connectivity index (χ1n) is 27.9. The minimum atomic E-state index is -1.79. The van der Waals surface area contributed by atoms with E-state index in [9.17, 15) is 45.6 Å². The average molecular weight is 996 g/mol. The van der Waals surface area contributed by atoms with E-state index in [0.717, 1.165) is 38.5 Å². The third kappa shape index (κ3) is 28.4. The Bertz CT molecular complexity index is 1360. The lowest BCUT2D eigenvalue weighted by atomic mass is 9.97. The molecular formula is C56H101NO13. The van der Waals surface area contributed by atoms with Crippen LogP contribution in [0.4, 0.5) is 0 Å². The zero-order valence-electron chi connectivity index (χ0n) is 43.5. The zero-order chi connectivity index (χ0) is 51.0. The number of carbonyl (C=O) groups is 1. The summed E-state index contributed by atoms with van der Waals surface area (Å²) in [5.74, 6) is -0.253. The van der Waals surface area contributed by atoms with Crippen molar-refractivity contribution in [3.63, 3.8) is 0 Å². The fourth-order valence-electron chi connectivity index (χ4n) is 8.92. The van der Waals surface area contributed by atoms with Gasteiger partial charge in [0, 0.05) is 6.42 Å². The van der Waals surface area contributed by atoms with Gasteiger partial charge in [0.1, 0.15) is 48.8 Å². The molecule has 14 nitrogen and oxygen atoms in total. The predicted molar refractivity (Wildman–Crippen MR) is 277 cm³/mol. The van der Waals surface area contributed by atoms with E-state index in [0.29, 0.717) is 12.8 Å². The van der Waals surface area contributed by atoms with Crippen molar-refractivity contribution in [3.8, 4) is 0 Å². The van der Waals surface area contributed by atoms with Crippen molar-refractivity contribution in [2.45, 2.75) is 280 Å². The molecule has 0 aliphatic carbocycles. The van der Waals surface area contributed by atoms with Gasteiger partial charge in [0.2, 0.25) is 5.91 Å². The van der Waals surface area contributed by atoms with Gasteiger partial charge in [-0.2, -0.15) is 0 Å². The number of nitrogens with one attached hydrogen (secondary N) is 1.